The third-order valence-electron chi connectivity index (χ3n) is 5.16. The Morgan fingerprint density at radius 1 is 1.09 bits per heavy atom. The van der Waals surface area contributed by atoms with Crippen molar-refractivity contribution in [1.82, 2.24) is 9.58 Å². The number of hydrazone groups is 1. The molecule has 2 aliphatic rings. The van der Waals surface area contributed by atoms with Gasteiger partial charge in [0.25, 0.3) is 5.91 Å². The van der Waals surface area contributed by atoms with Crippen molar-refractivity contribution < 1.29 is 22.7 Å². The number of rotatable bonds is 5. The molecule has 0 saturated carbocycles. The molecule has 0 radical (unpaired) electrons. The third kappa shape index (κ3) is 4.10. The van der Waals surface area contributed by atoms with E-state index in [-0.39, 0.29) is 22.5 Å². The van der Waals surface area contributed by atoms with Crippen molar-refractivity contribution in [3.05, 3.63) is 71.9 Å². The third-order valence-corrected chi connectivity index (χ3v) is 6.11. The van der Waals surface area contributed by atoms with Gasteiger partial charge in [-0.25, -0.2) is 0 Å². The molecule has 1 amide bonds. The number of benzene rings is 2. The summed E-state index contributed by atoms with van der Waals surface area (Å²) >= 11 is 0.225. The topological polar surface area (TPSA) is 83.0 Å². The minimum Gasteiger partial charge on any atom is -0.492 e. The molecular weight excluding hydrogens is 467 g/mol. The highest BCUT2D eigenvalue weighted by molar-refractivity contribution is 8.27. The number of amidine groups is 2. The minimum absolute atomic E-state index is 0.139. The second-order valence-corrected chi connectivity index (χ2v) is 8.34. The van der Waals surface area contributed by atoms with Crippen LogP contribution in [0, 0.1) is 5.41 Å². The number of amides is 1. The Bertz CT molecular complexity index is 1390. The zero-order chi connectivity index (χ0) is 23.9. The van der Waals surface area contributed by atoms with Crippen molar-refractivity contribution in [3.8, 4) is 5.75 Å². The zero-order valence-corrected chi connectivity index (χ0v) is 18.2. The van der Waals surface area contributed by atoms with Crippen LogP contribution in [-0.2, 0) is 11.3 Å². The van der Waals surface area contributed by atoms with Crippen LogP contribution in [0.1, 0.15) is 5.56 Å². The van der Waals surface area contributed by atoms with Gasteiger partial charge in [0.2, 0.25) is 10.2 Å². The Balaban J connectivity index is 1.44. The summed E-state index contributed by atoms with van der Waals surface area (Å²) in [4.78, 5) is 16.3. The summed E-state index contributed by atoms with van der Waals surface area (Å²) < 4.78 is 46.9. The van der Waals surface area contributed by atoms with Gasteiger partial charge < -0.3 is 9.30 Å². The lowest BCUT2D eigenvalue weighted by Crippen LogP contribution is -2.35. The van der Waals surface area contributed by atoms with Gasteiger partial charge in [0.1, 0.15) is 12.4 Å². The summed E-state index contributed by atoms with van der Waals surface area (Å²) in [6, 6.07) is 16.9. The number of thioether (sulfide) groups is 1. The number of halogens is 3. The van der Waals surface area contributed by atoms with Crippen LogP contribution in [0.25, 0.3) is 17.0 Å². The maximum atomic E-state index is 13.0. The summed E-state index contributed by atoms with van der Waals surface area (Å²) in [5.41, 5.74) is 1.38. The highest BCUT2D eigenvalue weighted by atomic mass is 32.2. The second kappa shape index (κ2) is 8.49. The maximum Gasteiger partial charge on any atom is 0.441 e. The van der Waals surface area contributed by atoms with Crippen molar-refractivity contribution in [3.63, 3.8) is 0 Å². The number of carbonyl (C=O) groups is 1. The fourth-order valence-electron chi connectivity index (χ4n) is 3.62. The molecule has 7 nitrogen and oxygen atoms in total. The summed E-state index contributed by atoms with van der Waals surface area (Å²) in [7, 11) is 0. The predicted octanol–water partition coefficient (Wildman–Crippen LogP) is 4.90. The zero-order valence-electron chi connectivity index (χ0n) is 17.4. The summed E-state index contributed by atoms with van der Waals surface area (Å²) in [5.74, 6) is -0.490. The quantitative estimate of drug-likeness (QED) is 0.524. The number of ether oxygens (including phenoxy) is 1. The van der Waals surface area contributed by atoms with Crippen LogP contribution in [-0.4, -0.2) is 44.3 Å². The maximum absolute atomic E-state index is 13.0. The molecule has 2 aliphatic heterocycles. The van der Waals surface area contributed by atoms with Crippen LogP contribution < -0.4 is 4.74 Å². The Hall–Kier alpha value is -3.86. The van der Waals surface area contributed by atoms with E-state index in [2.05, 4.69) is 10.1 Å². The highest BCUT2D eigenvalue weighted by Crippen LogP contribution is 2.35. The molecule has 0 saturated heterocycles. The Kier molecular flexibility index (Phi) is 5.48. The van der Waals surface area contributed by atoms with E-state index < -0.39 is 23.0 Å². The molecule has 5 rings (SSSR count). The molecule has 0 spiro atoms. The van der Waals surface area contributed by atoms with Crippen LogP contribution in [0.2, 0.25) is 0 Å². The number of fused-ring (bicyclic) bond motifs is 2. The van der Waals surface area contributed by atoms with Crippen LogP contribution in [0.5, 0.6) is 5.75 Å². The number of aliphatic imine (C=N–C) groups is 1. The van der Waals surface area contributed by atoms with Gasteiger partial charge in [0.05, 0.1) is 12.1 Å². The number of aromatic nitrogens is 1. The van der Waals surface area contributed by atoms with E-state index in [1.54, 1.807) is 0 Å². The lowest BCUT2D eigenvalue weighted by molar-refractivity contribution is -0.114. The van der Waals surface area contributed by atoms with Crippen LogP contribution in [0.4, 0.5) is 13.2 Å². The number of hydrogen-bond acceptors (Lipinski definition) is 5. The van der Waals surface area contributed by atoms with Gasteiger partial charge in [0.15, 0.2) is 5.84 Å². The summed E-state index contributed by atoms with van der Waals surface area (Å²) in [6.45, 7) is 0.926. The van der Waals surface area contributed by atoms with Gasteiger partial charge in [-0.1, -0.05) is 36.4 Å². The van der Waals surface area contributed by atoms with Crippen LogP contribution in [0.3, 0.4) is 0 Å². The SMILES string of the molecule is N=C1C(=Cc2cn(CCOc3ccccc3)c3ccccc23)C(=O)N=C2SC(C(F)(F)F)=NN12. The first-order valence-corrected chi connectivity index (χ1v) is 11.0. The molecule has 1 N–H and O–H groups in total. The van der Waals surface area contributed by atoms with Crippen molar-refractivity contribution in [2.75, 3.05) is 6.61 Å². The molecule has 0 aliphatic carbocycles. The van der Waals surface area contributed by atoms with Crippen LogP contribution >= 0.6 is 11.8 Å². The molecule has 0 bridgehead atoms. The molecule has 3 heterocycles. The average molecular weight is 483 g/mol. The van der Waals surface area contributed by atoms with E-state index in [9.17, 15) is 18.0 Å². The van der Waals surface area contributed by atoms with Crippen molar-refractivity contribution in [2.24, 2.45) is 10.1 Å². The number of carbonyl (C=O) groups excluding carboxylic acids is 1. The van der Waals surface area contributed by atoms with Crippen molar-refractivity contribution in [1.29, 1.82) is 5.41 Å². The van der Waals surface area contributed by atoms with E-state index in [0.29, 0.717) is 18.7 Å². The molecule has 0 unspecified atom stereocenters. The van der Waals surface area contributed by atoms with Gasteiger partial charge in [-0.3, -0.25) is 10.2 Å². The fourth-order valence-corrected chi connectivity index (χ4v) is 4.37. The van der Waals surface area contributed by atoms with E-state index >= 15 is 0 Å². The Morgan fingerprint density at radius 3 is 2.59 bits per heavy atom. The van der Waals surface area contributed by atoms with Gasteiger partial charge in [-0.05, 0) is 36.0 Å². The number of hydrogen-bond donors (Lipinski definition) is 1. The molecule has 0 fully saturated rings. The molecule has 1 aromatic heterocycles. The Labute approximate surface area is 195 Å². The molecular formula is C23H16F3N5O2S. The first-order valence-electron chi connectivity index (χ1n) is 10.1. The molecule has 2 aromatic carbocycles. The number of para-hydroxylation sites is 2. The predicted molar refractivity (Wildman–Crippen MR) is 125 cm³/mol. The minimum atomic E-state index is -4.69. The molecule has 3 aromatic rings. The second-order valence-electron chi connectivity index (χ2n) is 7.38. The summed E-state index contributed by atoms with van der Waals surface area (Å²) in [6.07, 6.45) is -1.41. The average Bonchev–Trinajstić information content (AvgIpc) is 3.40. The fraction of sp³-hybridized carbons (Fsp3) is 0.130. The molecule has 0 atom stereocenters. The van der Waals surface area contributed by atoms with Gasteiger partial charge in [-0.15, -0.1) is 0 Å². The Morgan fingerprint density at radius 2 is 1.82 bits per heavy atom. The molecule has 11 heteroatoms. The lowest BCUT2D eigenvalue weighted by Gasteiger charge is -2.20. The van der Waals surface area contributed by atoms with Crippen molar-refractivity contribution in [2.45, 2.75) is 12.7 Å². The highest BCUT2D eigenvalue weighted by Gasteiger charge is 2.46. The number of alkyl halides is 3. The lowest BCUT2D eigenvalue weighted by atomic mass is 10.1. The monoisotopic (exact) mass is 483 g/mol. The van der Waals surface area contributed by atoms with E-state index in [4.69, 9.17) is 10.1 Å². The smallest absolute Gasteiger partial charge is 0.441 e. The van der Waals surface area contributed by atoms with Gasteiger partial charge in [-0.2, -0.15) is 28.3 Å². The van der Waals surface area contributed by atoms with E-state index in [0.717, 1.165) is 21.7 Å². The number of nitrogens with zero attached hydrogens (tertiary/aromatic N) is 4. The molecule has 34 heavy (non-hydrogen) atoms. The van der Waals surface area contributed by atoms with Crippen molar-refractivity contribution >= 4 is 50.7 Å². The normalized spacial score (nSPS) is 17.3. The largest absolute Gasteiger partial charge is 0.492 e. The first kappa shape index (κ1) is 22.0. The van der Waals surface area contributed by atoms with E-state index in [1.165, 1.54) is 6.08 Å². The first-order chi connectivity index (χ1) is 16.3. The molecule has 172 valence electrons. The summed E-state index contributed by atoms with van der Waals surface area (Å²) in [5, 5.41) is 11.9. The van der Waals surface area contributed by atoms with Gasteiger partial charge >= 0.3 is 6.18 Å². The van der Waals surface area contributed by atoms with E-state index in [1.807, 2.05) is 65.4 Å². The number of nitrogens with one attached hydrogen (secondary N) is 1. The van der Waals surface area contributed by atoms with Gasteiger partial charge in [0, 0.05) is 22.7 Å². The standard InChI is InChI=1S/C23H16F3N5O2S/c24-23(25,26)21-29-31-19(27)17(20(32)28-22(31)34-21)12-14-13-30(18-9-5-4-8-16(14)18)10-11-33-15-6-2-1-3-7-15/h1-9,12-13,27H,10-11H2. The van der Waals surface area contributed by atoms with Crippen LogP contribution in [0.15, 0.2) is 76.5 Å².